The van der Waals surface area contributed by atoms with Gasteiger partial charge in [-0.2, -0.15) is 5.10 Å². The highest BCUT2D eigenvalue weighted by molar-refractivity contribution is 5.93. The molecule has 0 aliphatic heterocycles. The van der Waals surface area contributed by atoms with E-state index in [0.717, 1.165) is 0 Å². The van der Waals surface area contributed by atoms with Crippen molar-refractivity contribution in [2.45, 2.75) is 0 Å². The lowest BCUT2D eigenvalue weighted by Crippen LogP contribution is -2.11. The van der Waals surface area contributed by atoms with Crippen LogP contribution >= 0.6 is 0 Å². The molecule has 0 aromatic carbocycles. The van der Waals surface area contributed by atoms with E-state index in [1.807, 2.05) is 0 Å². The van der Waals surface area contributed by atoms with Crippen LogP contribution in [0.1, 0.15) is 20.8 Å². The predicted molar refractivity (Wildman–Crippen MR) is 57.2 cm³/mol. The summed E-state index contributed by atoms with van der Waals surface area (Å²) in [4.78, 5) is 21.9. The van der Waals surface area contributed by atoms with Crippen molar-refractivity contribution in [3.05, 3.63) is 29.5 Å². The van der Waals surface area contributed by atoms with E-state index in [1.54, 1.807) is 0 Å². The number of amides is 1. The molecule has 0 bridgehead atoms. The lowest BCUT2D eigenvalue weighted by molar-refractivity contribution is 0.0696. The summed E-state index contributed by atoms with van der Waals surface area (Å²) in [6.07, 6.45) is 0. The van der Waals surface area contributed by atoms with Gasteiger partial charge < -0.3 is 15.6 Å². The molecule has 2 aromatic heterocycles. The van der Waals surface area contributed by atoms with Gasteiger partial charge in [-0.05, 0) is 12.1 Å². The van der Waals surface area contributed by atoms with Gasteiger partial charge in [0, 0.05) is 6.07 Å². The van der Waals surface area contributed by atoms with Gasteiger partial charge >= 0.3 is 5.97 Å². The largest absolute Gasteiger partial charge is 0.481 e. The maximum atomic E-state index is 11.0. The molecule has 0 unspecified atom stereocenters. The lowest BCUT2D eigenvalue weighted by atomic mass is 10.2. The first-order valence-corrected chi connectivity index (χ1v) is 4.64. The van der Waals surface area contributed by atoms with E-state index >= 15 is 0 Å². The van der Waals surface area contributed by atoms with E-state index in [9.17, 15) is 9.59 Å². The number of aromatic carboxylic acids is 1. The van der Waals surface area contributed by atoms with Gasteiger partial charge in [-0.15, -0.1) is 0 Å². The van der Waals surface area contributed by atoms with Crippen LogP contribution in [0, 0.1) is 0 Å². The topological polar surface area (TPSA) is 107 Å². The highest BCUT2D eigenvalue weighted by atomic mass is 16.5. The fourth-order valence-electron chi connectivity index (χ4n) is 1.46. The van der Waals surface area contributed by atoms with Crippen molar-refractivity contribution in [1.82, 2.24) is 9.61 Å². The van der Waals surface area contributed by atoms with Gasteiger partial charge in [-0.25, -0.2) is 9.31 Å². The van der Waals surface area contributed by atoms with Gasteiger partial charge in [0.1, 0.15) is 0 Å². The first kappa shape index (κ1) is 10.9. The zero-order valence-corrected chi connectivity index (χ0v) is 8.88. The Bertz CT molecular complexity index is 617. The standard InChI is InChI=1S/C10H9N3O4/c1-17-8-3-5(10(15)16)2-6-4-7(9(11)14)12-13(6)8/h2-4H,1H3,(H2,11,14)(H,15,16). The van der Waals surface area contributed by atoms with Crippen molar-refractivity contribution in [1.29, 1.82) is 0 Å². The van der Waals surface area contributed by atoms with Crippen LogP contribution < -0.4 is 10.5 Å². The van der Waals surface area contributed by atoms with Gasteiger partial charge in [0.15, 0.2) is 5.69 Å². The van der Waals surface area contributed by atoms with Crippen LogP contribution in [0.15, 0.2) is 18.2 Å². The number of carbonyl (C=O) groups excluding carboxylic acids is 1. The minimum atomic E-state index is -1.09. The lowest BCUT2D eigenvalue weighted by Gasteiger charge is -2.04. The van der Waals surface area contributed by atoms with Crippen molar-refractivity contribution in [2.75, 3.05) is 7.11 Å². The molecule has 0 aliphatic carbocycles. The Morgan fingerprint density at radius 3 is 2.65 bits per heavy atom. The van der Waals surface area contributed by atoms with Crippen molar-refractivity contribution in [3.63, 3.8) is 0 Å². The third kappa shape index (κ3) is 1.78. The molecule has 88 valence electrons. The van der Waals surface area contributed by atoms with E-state index in [4.69, 9.17) is 15.6 Å². The van der Waals surface area contributed by atoms with Crippen molar-refractivity contribution >= 4 is 17.4 Å². The first-order valence-electron chi connectivity index (χ1n) is 4.64. The highest BCUT2D eigenvalue weighted by Gasteiger charge is 2.14. The first-order chi connectivity index (χ1) is 8.02. The summed E-state index contributed by atoms with van der Waals surface area (Å²) in [6, 6.07) is 4.09. The summed E-state index contributed by atoms with van der Waals surface area (Å²) in [6.45, 7) is 0. The number of carboxylic acids is 1. The fourth-order valence-corrected chi connectivity index (χ4v) is 1.46. The van der Waals surface area contributed by atoms with Crippen LogP contribution in [0.4, 0.5) is 0 Å². The molecule has 2 heterocycles. The molecule has 7 heteroatoms. The number of ether oxygens (including phenoxy) is 1. The maximum Gasteiger partial charge on any atom is 0.335 e. The molecule has 0 saturated carbocycles. The molecular formula is C10H9N3O4. The van der Waals surface area contributed by atoms with Gasteiger partial charge in [0.2, 0.25) is 5.88 Å². The summed E-state index contributed by atoms with van der Waals surface area (Å²) in [5.74, 6) is -1.56. The van der Waals surface area contributed by atoms with Crippen LogP contribution in [-0.4, -0.2) is 33.7 Å². The third-order valence-electron chi connectivity index (χ3n) is 2.24. The van der Waals surface area contributed by atoms with E-state index in [-0.39, 0.29) is 17.1 Å². The molecule has 0 saturated heterocycles. The smallest absolute Gasteiger partial charge is 0.335 e. The number of carboxylic acid groups (broad SMARTS) is 1. The second-order valence-corrected chi connectivity index (χ2v) is 3.32. The Morgan fingerprint density at radius 1 is 1.41 bits per heavy atom. The number of nitrogens with two attached hydrogens (primary N) is 1. The summed E-state index contributed by atoms with van der Waals surface area (Å²) in [5, 5.41) is 12.8. The van der Waals surface area contributed by atoms with E-state index in [0.29, 0.717) is 5.52 Å². The Labute approximate surface area is 95.4 Å². The van der Waals surface area contributed by atoms with Crippen molar-refractivity contribution in [3.8, 4) is 5.88 Å². The zero-order valence-electron chi connectivity index (χ0n) is 8.88. The molecule has 3 N–H and O–H groups in total. The number of methoxy groups -OCH3 is 1. The molecule has 7 nitrogen and oxygen atoms in total. The number of aromatic nitrogens is 2. The van der Waals surface area contributed by atoms with Crippen LogP contribution in [0.3, 0.4) is 0 Å². The van der Waals surface area contributed by atoms with Gasteiger partial charge in [-0.1, -0.05) is 0 Å². The predicted octanol–water partition coefficient (Wildman–Crippen LogP) is 0.140. The van der Waals surface area contributed by atoms with Crippen molar-refractivity contribution < 1.29 is 19.4 Å². The number of hydrogen-bond acceptors (Lipinski definition) is 4. The Balaban J connectivity index is 2.73. The second-order valence-electron chi connectivity index (χ2n) is 3.32. The van der Waals surface area contributed by atoms with Crippen LogP contribution in [0.5, 0.6) is 5.88 Å². The minimum Gasteiger partial charge on any atom is -0.481 e. The number of hydrogen-bond donors (Lipinski definition) is 2. The Kier molecular flexibility index (Phi) is 2.43. The number of pyridine rings is 1. The fraction of sp³-hybridized carbons (Fsp3) is 0.100. The number of fused-ring (bicyclic) bond motifs is 1. The summed E-state index contributed by atoms with van der Waals surface area (Å²) < 4.78 is 6.31. The van der Waals surface area contributed by atoms with Crippen molar-refractivity contribution in [2.24, 2.45) is 5.73 Å². The zero-order chi connectivity index (χ0) is 12.6. The number of primary amides is 1. The van der Waals surface area contributed by atoms with Crippen LogP contribution in [-0.2, 0) is 0 Å². The quantitative estimate of drug-likeness (QED) is 0.786. The molecule has 0 spiro atoms. The molecule has 0 fully saturated rings. The number of nitrogens with zero attached hydrogens (tertiary/aromatic N) is 2. The summed E-state index contributed by atoms with van der Waals surface area (Å²) in [7, 11) is 1.38. The van der Waals surface area contributed by atoms with Crippen LogP contribution in [0.2, 0.25) is 0 Å². The molecule has 2 rings (SSSR count). The maximum absolute atomic E-state index is 11.0. The SMILES string of the molecule is COc1cc(C(=O)O)cc2cc(C(N)=O)nn12. The molecule has 0 aliphatic rings. The summed E-state index contributed by atoms with van der Waals surface area (Å²) >= 11 is 0. The second kappa shape index (κ2) is 3.78. The average molecular weight is 235 g/mol. The molecule has 17 heavy (non-hydrogen) atoms. The van der Waals surface area contributed by atoms with E-state index in [1.165, 1.54) is 29.8 Å². The molecule has 1 amide bonds. The number of carbonyl (C=O) groups is 2. The highest BCUT2D eigenvalue weighted by Crippen LogP contribution is 2.18. The Morgan fingerprint density at radius 2 is 2.12 bits per heavy atom. The normalized spacial score (nSPS) is 10.4. The minimum absolute atomic E-state index is 0.0465. The number of rotatable bonds is 3. The van der Waals surface area contributed by atoms with Gasteiger partial charge in [0.25, 0.3) is 5.91 Å². The van der Waals surface area contributed by atoms with Gasteiger partial charge in [0.05, 0.1) is 18.2 Å². The van der Waals surface area contributed by atoms with Gasteiger partial charge in [-0.3, -0.25) is 4.79 Å². The molecular weight excluding hydrogens is 226 g/mol. The molecule has 2 aromatic rings. The third-order valence-corrected chi connectivity index (χ3v) is 2.24. The monoisotopic (exact) mass is 235 g/mol. The molecule has 0 atom stereocenters. The van der Waals surface area contributed by atoms with Crippen LogP contribution in [0.25, 0.3) is 5.52 Å². The molecule has 0 radical (unpaired) electrons. The average Bonchev–Trinajstić information content (AvgIpc) is 2.71. The van der Waals surface area contributed by atoms with E-state index in [2.05, 4.69) is 5.10 Å². The van der Waals surface area contributed by atoms with E-state index < -0.39 is 11.9 Å². The summed E-state index contributed by atoms with van der Waals surface area (Å²) in [5.41, 5.74) is 5.62. The Hall–Kier alpha value is -2.57.